The van der Waals surface area contributed by atoms with Crippen LogP contribution in [0.1, 0.15) is 32.8 Å². The molecular formula is C24H32N2O5. The molecule has 1 N–H and O–H groups in total. The fraction of sp³-hybridized carbons (Fsp3) is 0.417. The van der Waals surface area contributed by atoms with Gasteiger partial charge in [-0.05, 0) is 69.2 Å². The number of benzene rings is 2. The average molecular weight is 429 g/mol. The van der Waals surface area contributed by atoms with Crippen molar-refractivity contribution >= 4 is 23.3 Å². The van der Waals surface area contributed by atoms with Gasteiger partial charge in [-0.15, -0.1) is 0 Å². The molecule has 2 rings (SSSR count). The molecular weight excluding hydrogens is 396 g/mol. The van der Waals surface area contributed by atoms with E-state index in [-0.39, 0.29) is 18.9 Å². The van der Waals surface area contributed by atoms with E-state index in [1.54, 1.807) is 20.3 Å². The molecule has 0 atom stereocenters. The zero-order chi connectivity index (χ0) is 22.8. The van der Waals surface area contributed by atoms with E-state index in [9.17, 15) is 9.59 Å². The summed E-state index contributed by atoms with van der Waals surface area (Å²) < 4.78 is 15.6. The van der Waals surface area contributed by atoms with Gasteiger partial charge in [-0.1, -0.05) is 0 Å². The van der Waals surface area contributed by atoms with Crippen LogP contribution in [-0.4, -0.2) is 45.3 Å². The van der Waals surface area contributed by atoms with Crippen molar-refractivity contribution < 1.29 is 23.8 Å². The maximum Gasteiger partial charge on any atom is 0.306 e. The van der Waals surface area contributed by atoms with Crippen molar-refractivity contribution in [3.05, 3.63) is 48.0 Å². The van der Waals surface area contributed by atoms with Crippen LogP contribution in [0.25, 0.3) is 0 Å². The second-order valence-corrected chi connectivity index (χ2v) is 7.36. The number of esters is 1. The molecule has 31 heavy (non-hydrogen) atoms. The molecule has 0 saturated carbocycles. The first-order chi connectivity index (χ1) is 14.9. The van der Waals surface area contributed by atoms with Crippen LogP contribution in [0, 0.1) is 0 Å². The number of aryl methyl sites for hydroxylation is 1. The normalized spacial score (nSPS) is 10.5. The Morgan fingerprint density at radius 3 is 2.13 bits per heavy atom. The van der Waals surface area contributed by atoms with Crippen LogP contribution in [0.15, 0.2) is 42.5 Å². The Balaban J connectivity index is 1.80. The summed E-state index contributed by atoms with van der Waals surface area (Å²) in [4.78, 5) is 26.4. The number of rotatable bonds is 11. The van der Waals surface area contributed by atoms with Gasteiger partial charge < -0.3 is 24.4 Å². The number of methoxy groups -OCH3 is 2. The number of anilines is 2. The lowest BCUT2D eigenvalue weighted by Crippen LogP contribution is -2.30. The Labute approximate surface area is 184 Å². The molecule has 0 radical (unpaired) electrons. The highest BCUT2D eigenvalue weighted by Gasteiger charge is 2.11. The maximum atomic E-state index is 12.1. The van der Waals surface area contributed by atoms with Gasteiger partial charge in [-0.2, -0.15) is 0 Å². The van der Waals surface area contributed by atoms with Gasteiger partial charge in [0.25, 0.3) is 5.91 Å². The summed E-state index contributed by atoms with van der Waals surface area (Å²) >= 11 is 0. The molecule has 0 aliphatic carbocycles. The van der Waals surface area contributed by atoms with Gasteiger partial charge in [0, 0.05) is 36.4 Å². The number of carbonyl (C=O) groups is 2. The predicted molar refractivity (Wildman–Crippen MR) is 122 cm³/mol. The number of amides is 1. The minimum Gasteiger partial charge on any atom is -0.497 e. The van der Waals surface area contributed by atoms with Gasteiger partial charge in [0.2, 0.25) is 0 Å². The Hall–Kier alpha value is -3.22. The van der Waals surface area contributed by atoms with Gasteiger partial charge >= 0.3 is 5.97 Å². The van der Waals surface area contributed by atoms with Crippen molar-refractivity contribution in [1.82, 2.24) is 0 Å². The van der Waals surface area contributed by atoms with Crippen LogP contribution in [0.5, 0.6) is 11.5 Å². The third-order valence-electron chi connectivity index (χ3n) is 4.84. The number of nitrogens with one attached hydrogen (secondary N) is 1. The van der Waals surface area contributed by atoms with Gasteiger partial charge in [-0.25, -0.2) is 0 Å². The first-order valence-corrected chi connectivity index (χ1v) is 10.4. The third kappa shape index (κ3) is 7.51. The zero-order valence-corrected chi connectivity index (χ0v) is 18.9. The lowest BCUT2D eigenvalue weighted by molar-refractivity contribution is -0.147. The highest BCUT2D eigenvalue weighted by Crippen LogP contribution is 2.23. The van der Waals surface area contributed by atoms with Crippen LogP contribution in [0.4, 0.5) is 11.4 Å². The van der Waals surface area contributed by atoms with Crippen LogP contribution in [-0.2, 0) is 20.7 Å². The lowest BCUT2D eigenvalue weighted by Gasteiger charge is -2.27. The SMILES string of the molecule is CCN(c1ccc(NC(=O)COC(=O)CCc2cc(OC)cc(OC)c2)cc1)C(C)C. The Kier molecular flexibility index (Phi) is 9.18. The molecule has 0 spiro atoms. The quantitative estimate of drug-likeness (QED) is 0.544. The van der Waals surface area contributed by atoms with Gasteiger partial charge in [0.15, 0.2) is 6.61 Å². The molecule has 168 valence electrons. The highest BCUT2D eigenvalue weighted by molar-refractivity contribution is 5.93. The number of carbonyl (C=O) groups excluding carboxylic acids is 2. The molecule has 7 heteroatoms. The number of hydrogen-bond acceptors (Lipinski definition) is 6. The molecule has 0 fully saturated rings. The Morgan fingerprint density at radius 2 is 1.61 bits per heavy atom. The van der Waals surface area contributed by atoms with Crippen molar-refractivity contribution in [2.24, 2.45) is 0 Å². The zero-order valence-electron chi connectivity index (χ0n) is 18.9. The predicted octanol–water partition coefficient (Wildman–Crippen LogP) is 4.05. The number of nitrogens with zero attached hydrogens (tertiary/aromatic N) is 1. The molecule has 2 aromatic rings. The van der Waals surface area contributed by atoms with E-state index < -0.39 is 5.97 Å². The van der Waals surface area contributed by atoms with Crippen LogP contribution in [0.2, 0.25) is 0 Å². The molecule has 0 bridgehead atoms. The largest absolute Gasteiger partial charge is 0.497 e. The molecule has 0 aliphatic rings. The molecule has 1 amide bonds. The fourth-order valence-electron chi connectivity index (χ4n) is 3.25. The Morgan fingerprint density at radius 1 is 1.00 bits per heavy atom. The second kappa shape index (κ2) is 11.8. The van der Waals surface area contributed by atoms with Crippen molar-refractivity contribution in [2.45, 2.75) is 39.7 Å². The van der Waals surface area contributed by atoms with Crippen LogP contribution in [0.3, 0.4) is 0 Å². The Bertz CT molecular complexity index is 843. The summed E-state index contributed by atoms with van der Waals surface area (Å²) in [5.74, 6) is 0.496. The smallest absolute Gasteiger partial charge is 0.306 e. The van der Waals surface area contributed by atoms with E-state index in [0.29, 0.717) is 29.6 Å². The van der Waals surface area contributed by atoms with Crippen molar-refractivity contribution in [2.75, 3.05) is 37.6 Å². The monoisotopic (exact) mass is 428 g/mol. The van der Waals surface area contributed by atoms with E-state index in [2.05, 4.69) is 31.0 Å². The summed E-state index contributed by atoms with van der Waals surface area (Å²) in [7, 11) is 3.15. The molecule has 2 aromatic carbocycles. The van der Waals surface area contributed by atoms with E-state index in [1.807, 2.05) is 36.4 Å². The number of ether oxygens (including phenoxy) is 3. The summed E-state index contributed by atoms with van der Waals surface area (Å²) in [6.07, 6.45) is 0.611. The van der Waals surface area contributed by atoms with Crippen molar-refractivity contribution in [3.8, 4) is 11.5 Å². The first-order valence-electron chi connectivity index (χ1n) is 10.4. The average Bonchev–Trinajstić information content (AvgIpc) is 2.77. The van der Waals surface area contributed by atoms with E-state index in [1.165, 1.54) is 0 Å². The molecule has 0 heterocycles. The second-order valence-electron chi connectivity index (χ2n) is 7.36. The number of hydrogen-bond donors (Lipinski definition) is 1. The third-order valence-corrected chi connectivity index (χ3v) is 4.84. The summed E-state index contributed by atoms with van der Waals surface area (Å²) in [5, 5.41) is 2.75. The van der Waals surface area contributed by atoms with Crippen LogP contribution >= 0.6 is 0 Å². The first kappa shape index (κ1) is 24.1. The molecule has 0 saturated heterocycles. The highest BCUT2D eigenvalue weighted by atomic mass is 16.5. The van der Waals surface area contributed by atoms with Crippen molar-refractivity contribution in [3.63, 3.8) is 0 Å². The maximum absolute atomic E-state index is 12.1. The van der Waals surface area contributed by atoms with Gasteiger partial charge in [0.1, 0.15) is 11.5 Å². The van der Waals surface area contributed by atoms with E-state index in [4.69, 9.17) is 14.2 Å². The standard InChI is InChI=1S/C24H32N2O5/c1-6-26(17(2)3)20-10-8-19(9-11-20)25-23(27)16-31-24(28)12-7-18-13-21(29-4)15-22(14-18)30-5/h8-11,13-15,17H,6-7,12,16H2,1-5H3,(H,25,27). The molecule has 0 unspecified atom stereocenters. The topological polar surface area (TPSA) is 77.1 Å². The van der Waals surface area contributed by atoms with Crippen LogP contribution < -0.4 is 19.7 Å². The minimum absolute atomic E-state index is 0.153. The van der Waals surface area contributed by atoms with E-state index in [0.717, 1.165) is 17.8 Å². The van der Waals surface area contributed by atoms with E-state index >= 15 is 0 Å². The lowest BCUT2D eigenvalue weighted by atomic mass is 10.1. The van der Waals surface area contributed by atoms with Gasteiger partial charge in [-0.3, -0.25) is 9.59 Å². The minimum atomic E-state index is -0.442. The molecule has 0 aliphatic heterocycles. The molecule has 7 nitrogen and oxygen atoms in total. The van der Waals surface area contributed by atoms with Gasteiger partial charge in [0.05, 0.1) is 14.2 Å². The van der Waals surface area contributed by atoms with Crippen molar-refractivity contribution in [1.29, 1.82) is 0 Å². The summed E-state index contributed by atoms with van der Waals surface area (Å²) in [6.45, 7) is 6.96. The fourth-order valence-corrected chi connectivity index (χ4v) is 3.25. The molecule has 0 aromatic heterocycles. The summed E-state index contributed by atoms with van der Waals surface area (Å²) in [5.41, 5.74) is 2.64. The summed E-state index contributed by atoms with van der Waals surface area (Å²) in [6, 6.07) is 13.5.